The summed E-state index contributed by atoms with van der Waals surface area (Å²) < 4.78 is 13.9. The Balaban J connectivity index is 2.19. The zero-order valence-corrected chi connectivity index (χ0v) is 10.2. The largest absolute Gasteiger partial charge is 0.316 e. The van der Waals surface area contributed by atoms with Crippen LogP contribution in [0.5, 0.6) is 0 Å². The van der Waals surface area contributed by atoms with Crippen LogP contribution in [0.4, 0.5) is 4.39 Å². The van der Waals surface area contributed by atoms with Gasteiger partial charge in [-0.3, -0.25) is 0 Å². The Morgan fingerprint density at radius 2 is 2.31 bits per heavy atom. The topological polar surface area (TPSA) is 12.0 Å². The number of hydrogen-bond acceptors (Lipinski definition) is 1. The first-order valence-corrected chi connectivity index (χ1v) is 6.22. The predicted octanol–water partition coefficient (Wildman–Crippen LogP) is 3.58. The van der Waals surface area contributed by atoms with Crippen molar-refractivity contribution in [2.75, 3.05) is 13.1 Å². The monoisotopic (exact) mass is 241 g/mol. The molecule has 0 aliphatic carbocycles. The first-order chi connectivity index (χ1) is 7.70. The molecule has 0 spiro atoms. The van der Waals surface area contributed by atoms with Crippen molar-refractivity contribution in [3.05, 3.63) is 34.6 Å². The summed E-state index contributed by atoms with van der Waals surface area (Å²) in [6, 6.07) is 5.28. The summed E-state index contributed by atoms with van der Waals surface area (Å²) >= 11 is 5.81. The van der Waals surface area contributed by atoms with Crippen LogP contribution in [0.3, 0.4) is 0 Å². The summed E-state index contributed by atoms with van der Waals surface area (Å²) in [4.78, 5) is 0. The second kappa shape index (κ2) is 5.15. The Labute approximate surface area is 101 Å². The summed E-state index contributed by atoms with van der Waals surface area (Å²) in [5, 5.41) is 3.59. The Hall–Kier alpha value is -0.600. The van der Waals surface area contributed by atoms with Crippen molar-refractivity contribution < 1.29 is 4.39 Å². The van der Waals surface area contributed by atoms with Crippen molar-refractivity contribution in [1.29, 1.82) is 0 Å². The van der Waals surface area contributed by atoms with Crippen LogP contribution in [0.15, 0.2) is 18.2 Å². The molecule has 0 bridgehead atoms. The molecule has 1 heterocycles. The van der Waals surface area contributed by atoms with Crippen LogP contribution in [0, 0.1) is 11.7 Å². The van der Waals surface area contributed by atoms with Crippen LogP contribution in [-0.2, 0) is 0 Å². The van der Waals surface area contributed by atoms with Gasteiger partial charge in [-0.1, -0.05) is 30.7 Å². The van der Waals surface area contributed by atoms with Gasteiger partial charge in [0.15, 0.2) is 0 Å². The van der Waals surface area contributed by atoms with Crippen molar-refractivity contribution in [2.45, 2.75) is 25.7 Å². The van der Waals surface area contributed by atoms with Gasteiger partial charge in [-0.05, 0) is 49.4 Å². The van der Waals surface area contributed by atoms with E-state index in [-0.39, 0.29) is 16.8 Å². The third-order valence-electron chi connectivity index (χ3n) is 3.51. The molecule has 16 heavy (non-hydrogen) atoms. The molecular weight excluding hydrogens is 225 g/mol. The first kappa shape index (κ1) is 11.9. The lowest BCUT2D eigenvalue weighted by atomic mass is 9.83. The minimum Gasteiger partial charge on any atom is -0.316 e. The summed E-state index contributed by atoms with van der Waals surface area (Å²) in [5.74, 6) is 0.496. The van der Waals surface area contributed by atoms with E-state index in [0.717, 1.165) is 18.7 Å². The molecule has 1 fully saturated rings. The van der Waals surface area contributed by atoms with Crippen molar-refractivity contribution in [3.63, 3.8) is 0 Å². The molecule has 2 rings (SSSR count). The second-order valence-corrected chi connectivity index (χ2v) is 4.95. The highest BCUT2D eigenvalue weighted by Crippen LogP contribution is 2.32. The van der Waals surface area contributed by atoms with Crippen molar-refractivity contribution in [1.82, 2.24) is 5.32 Å². The van der Waals surface area contributed by atoms with Gasteiger partial charge < -0.3 is 5.32 Å². The maximum absolute atomic E-state index is 13.9. The maximum Gasteiger partial charge on any atom is 0.145 e. The standard InChI is InChI=1S/C13H17ClFN/c1-9(10-4-3-7-16-8-10)11-5-2-6-12(14)13(11)15/h2,5-6,9-10,16H,3-4,7-8H2,1H3/t9?,10-/m1/s1. The molecule has 1 aliphatic heterocycles. The molecule has 1 aromatic rings. The van der Waals surface area contributed by atoms with E-state index in [0.29, 0.717) is 5.92 Å². The molecule has 1 N–H and O–H groups in total. The zero-order chi connectivity index (χ0) is 11.5. The SMILES string of the molecule is CC(c1cccc(Cl)c1F)[C@@H]1CCCNC1. The van der Waals surface area contributed by atoms with Crippen LogP contribution >= 0.6 is 11.6 Å². The molecule has 0 aromatic heterocycles. The van der Waals surface area contributed by atoms with Crippen LogP contribution in [-0.4, -0.2) is 13.1 Å². The molecule has 88 valence electrons. The van der Waals surface area contributed by atoms with Crippen LogP contribution in [0.2, 0.25) is 5.02 Å². The lowest BCUT2D eigenvalue weighted by molar-refractivity contribution is 0.329. The van der Waals surface area contributed by atoms with Gasteiger partial charge in [0.1, 0.15) is 5.82 Å². The molecule has 1 unspecified atom stereocenters. The van der Waals surface area contributed by atoms with Gasteiger partial charge in [0.2, 0.25) is 0 Å². The smallest absolute Gasteiger partial charge is 0.145 e. The fraction of sp³-hybridized carbons (Fsp3) is 0.538. The fourth-order valence-electron chi connectivity index (χ4n) is 2.43. The second-order valence-electron chi connectivity index (χ2n) is 4.54. The third-order valence-corrected chi connectivity index (χ3v) is 3.81. The Bertz CT molecular complexity index is 361. The molecule has 3 heteroatoms. The number of hydrogen-bond donors (Lipinski definition) is 1. The number of benzene rings is 1. The van der Waals surface area contributed by atoms with Gasteiger partial charge >= 0.3 is 0 Å². The van der Waals surface area contributed by atoms with Crippen molar-refractivity contribution >= 4 is 11.6 Å². The number of nitrogens with one attached hydrogen (secondary N) is 1. The molecule has 1 aromatic carbocycles. The predicted molar refractivity (Wildman–Crippen MR) is 65.4 cm³/mol. The van der Waals surface area contributed by atoms with Crippen LogP contribution < -0.4 is 5.32 Å². The lowest BCUT2D eigenvalue weighted by Crippen LogP contribution is -2.32. The van der Waals surface area contributed by atoms with Crippen LogP contribution in [0.25, 0.3) is 0 Å². The number of piperidine rings is 1. The number of halogens is 2. The number of rotatable bonds is 2. The van der Waals surface area contributed by atoms with Crippen molar-refractivity contribution in [3.8, 4) is 0 Å². The average molecular weight is 242 g/mol. The van der Waals surface area contributed by atoms with Gasteiger partial charge in [0.25, 0.3) is 0 Å². The molecule has 0 saturated carbocycles. The Morgan fingerprint density at radius 3 is 3.00 bits per heavy atom. The molecule has 0 radical (unpaired) electrons. The van der Waals surface area contributed by atoms with E-state index in [9.17, 15) is 4.39 Å². The van der Waals surface area contributed by atoms with E-state index < -0.39 is 0 Å². The zero-order valence-electron chi connectivity index (χ0n) is 9.47. The highest BCUT2D eigenvalue weighted by Gasteiger charge is 2.23. The first-order valence-electron chi connectivity index (χ1n) is 5.84. The maximum atomic E-state index is 13.9. The molecule has 1 nitrogen and oxygen atoms in total. The fourth-order valence-corrected chi connectivity index (χ4v) is 2.61. The minimum atomic E-state index is -0.248. The van der Waals surface area contributed by atoms with Crippen LogP contribution in [0.1, 0.15) is 31.2 Å². The normalized spacial score (nSPS) is 23.1. The lowest BCUT2D eigenvalue weighted by Gasteiger charge is -2.29. The van der Waals surface area contributed by atoms with Crippen molar-refractivity contribution in [2.24, 2.45) is 5.92 Å². The summed E-state index contributed by atoms with van der Waals surface area (Å²) in [6.45, 7) is 4.15. The molecule has 0 amide bonds. The molecular formula is C13H17ClFN. The van der Waals surface area contributed by atoms with E-state index in [1.54, 1.807) is 6.07 Å². The van der Waals surface area contributed by atoms with E-state index in [4.69, 9.17) is 11.6 Å². The Morgan fingerprint density at radius 1 is 1.50 bits per heavy atom. The summed E-state index contributed by atoms with van der Waals surface area (Å²) in [5.41, 5.74) is 0.751. The molecule has 1 saturated heterocycles. The van der Waals surface area contributed by atoms with Gasteiger partial charge in [0.05, 0.1) is 5.02 Å². The summed E-state index contributed by atoms with van der Waals surface area (Å²) in [6.07, 6.45) is 2.34. The van der Waals surface area contributed by atoms with Gasteiger partial charge in [-0.2, -0.15) is 0 Å². The van der Waals surface area contributed by atoms with E-state index in [1.807, 2.05) is 12.1 Å². The van der Waals surface area contributed by atoms with Gasteiger partial charge in [-0.25, -0.2) is 4.39 Å². The third kappa shape index (κ3) is 2.38. The average Bonchev–Trinajstić information content (AvgIpc) is 2.33. The molecule has 1 aliphatic rings. The molecule has 2 atom stereocenters. The summed E-state index contributed by atoms with van der Waals surface area (Å²) in [7, 11) is 0. The minimum absolute atomic E-state index is 0.228. The highest BCUT2D eigenvalue weighted by molar-refractivity contribution is 6.30. The highest BCUT2D eigenvalue weighted by atomic mass is 35.5. The van der Waals surface area contributed by atoms with Gasteiger partial charge in [0, 0.05) is 0 Å². The van der Waals surface area contributed by atoms with E-state index >= 15 is 0 Å². The van der Waals surface area contributed by atoms with E-state index in [2.05, 4.69) is 12.2 Å². The quantitative estimate of drug-likeness (QED) is 0.835. The van der Waals surface area contributed by atoms with Gasteiger partial charge in [-0.15, -0.1) is 0 Å². The van der Waals surface area contributed by atoms with E-state index in [1.165, 1.54) is 12.8 Å². The Kier molecular flexibility index (Phi) is 3.82.